The second-order valence-electron chi connectivity index (χ2n) is 3.97. The van der Waals surface area contributed by atoms with E-state index in [1.165, 1.54) is 6.20 Å². The van der Waals surface area contributed by atoms with Crippen LogP contribution in [0.3, 0.4) is 0 Å². The van der Waals surface area contributed by atoms with E-state index < -0.39 is 11.9 Å². The maximum absolute atomic E-state index is 12.4. The Morgan fingerprint density at radius 2 is 2.19 bits per heavy atom. The summed E-state index contributed by atoms with van der Waals surface area (Å²) in [5.74, 6) is -2.13. The molecular weight excluding hydrogens is 320 g/mol. The van der Waals surface area contributed by atoms with Crippen molar-refractivity contribution in [2.75, 3.05) is 18.5 Å². The van der Waals surface area contributed by atoms with Crippen molar-refractivity contribution >= 4 is 29.2 Å². The molecule has 0 aliphatic carbocycles. The number of hydrogen-bond donors (Lipinski definition) is 2. The van der Waals surface area contributed by atoms with E-state index >= 15 is 0 Å². The van der Waals surface area contributed by atoms with E-state index in [1.807, 2.05) is 0 Å². The van der Waals surface area contributed by atoms with Gasteiger partial charge in [0.25, 0.3) is 5.76 Å². The van der Waals surface area contributed by atoms with Crippen LogP contribution in [0.2, 0.25) is 0 Å². The van der Waals surface area contributed by atoms with Crippen LogP contribution in [0.5, 0.6) is 5.88 Å². The fraction of sp³-hybridized carbons (Fsp3) is 0.333. The maximum Gasteiger partial charge on any atom is 0.288 e. The molecule has 21 heavy (non-hydrogen) atoms. The minimum absolute atomic E-state index is 0.0442. The second kappa shape index (κ2) is 8.11. The van der Waals surface area contributed by atoms with Gasteiger partial charge in [-0.2, -0.15) is 13.2 Å². The Morgan fingerprint density at radius 3 is 2.90 bits per heavy atom. The van der Waals surface area contributed by atoms with Gasteiger partial charge >= 0.3 is 0 Å². The van der Waals surface area contributed by atoms with Gasteiger partial charge in [0.05, 0.1) is 11.7 Å². The summed E-state index contributed by atoms with van der Waals surface area (Å²) in [6.45, 7) is 0.223. The quantitative estimate of drug-likeness (QED) is 0.724. The van der Waals surface area contributed by atoms with Crippen molar-refractivity contribution < 1.29 is 18.6 Å². The molecule has 5 nitrogen and oxygen atoms in total. The molecule has 1 aromatic carbocycles. The lowest BCUT2D eigenvalue weighted by atomic mass is 10.3. The summed E-state index contributed by atoms with van der Waals surface area (Å²) < 4.78 is 37.7. The number of halogens is 2. The molecule has 2 aromatic rings. The number of aliphatic hydroxyl groups is 1. The van der Waals surface area contributed by atoms with E-state index in [0.29, 0.717) is 28.2 Å². The van der Waals surface area contributed by atoms with Gasteiger partial charge < -0.3 is 15.2 Å². The molecule has 0 spiro atoms. The molecule has 0 saturated heterocycles. The fourth-order valence-corrected chi connectivity index (χ4v) is 2.48. The summed E-state index contributed by atoms with van der Waals surface area (Å²) in [7, 11) is 0. The van der Waals surface area contributed by atoms with Crippen molar-refractivity contribution in [3.63, 3.8) is 0 Å². The van der Waals surface area contributed by atoms with Crippen molar-refractivity contribution in [2.24, 2.45) is 0 Å². The van der Waals surface area contributed by atoms with Gasteiger partial charge in [0.15, 0.2) is 0 Å². The molecule has 0 fully saturated rings. The zero-order valence-electron chi connectivity index (χ0n) is 10.8. The number of ether oxygens (including phenoxy) is 1. The van der Waals surface area contributed by atoms with Crippen LogP contribution in [0, 0.1) is 0 Å². The van der Waals surface area contributed by atoms with E-state index in [0.717, 1.165) is 11.7 Å². The highest BCUT2D eigenvalue weighted by atomic mass is 32.2. The van der Waals surface area contributed by atoms with Gasteiger partial charge in [-0.15, -0.1) is 4.37 Å². The molecule has 1 heterocycles. The molecule has 0 aliphatic rings. The molecule has 0 bridgehead atoms. The Bertz CT molecular complexity index is 543. The third-order valence-corrected chi connectivity index (χ3v) is 3.65. The van der Waals surface area contributed by atoms with Crippen molar-refractivity contribution in [1.82, 2.24) is 8.75 Å². The first-order chi connectivity index (χ1) is 10.1. The summed E-state index contributed by atoms with van der Waals surface area (Å²) in [6.07, 6.45) is 0.663. The molecule has 1 aromatic heterocycles. The number of nitrogens with zero attached hydrogens (tertiary/aromatic N) is 2. The van der Waals surface area contributed by atoms with E-state index in [1.54, 1.807) is 24.3 Å². The first-order valence-electron chi connectivity index (χ1n) is 6.01. The van der Waals surface area contributed by atoms with Gasteiger partial charge in [0.1, 0.15) is 18.9 Å². The molecule has 0 amide bonds. The fourth-order valence-electron chi connectivity index (χ4n) is 1.50. The van der Waals surface area contributed by atoms with E-state index in [2.05, 4.69) is 14.1 Å². The number of aliphatic hydroxyl groups excluding tert-OH is 1. The van der Waals surface area contributed by atoms with Crippen molar-refractivity contribution in [3.05, 3.63) is 30.5 Å². The van der Waals surface area contributed by atoms with E-state index in [9.17, 15) is 13.9 Å². The van der Waals surface area contributed by atoms with Crippen LogP contribution >= 0.6 is 23.5 Å². The van der Waals surface area contributed by atoms with Crippen LogP contribution in [0.1, 0.15) is 0 Å². The van der Waals surface area contributed by atoms with Crippen LogP contribution in [0.25, 0.3) is 0 Å². The highest BCUT2D eigenvalue weighted by Gasteiger charge is 2.11. The summed E-state index contributed by atoms with van der Waals surface area (Å²) >= 11 is 1.48. The van der Waals surface area contributed by atoms with Gasteiger partial charge in [-0.05, 0) is 12.1 Å². The Balaban J connectivity index is 1.81. The van der Waals surface area contributed by atoms with Crippen LogP contribution in [0.15, 0.2) is 35.4 Å². The first kappa shape index (κ1) is 15.9. The zero-order chi connectivity index (χ0) is 15.1. The third-order valence-electron chi connectivity index (χ3n) is 2.40. The van der Waals surface area contributed by atoms with Gasteiger partial charge in [0, 0.05) is 17.1 Å². The smallest absolute Gasteiger partial charge is 0.288 e. The van der Waals surface area contributed by atoms with Crippen LogP contribution < -0.4 is 10.1 Å². The minimum atomic E-state index is -2.49. The Morgan fingerprint density at radius 1 is 1.38 bits per heavy atom. The maximum atomic E-state index is 12.4. The molecule has 0 radical (unpaired) electrons. The molecule has 2 rings (SSSR count). The topological polar surface area (TPSA) is 67.3 Å². The number of anilines is 1. The minimum Gasteiger partial charge on any atom is -0.473 e. The summed E-state index contributed by atoms with van der Waals surface area (Å²) in [5.41, 5.74) is 0.553. The number of nitrogens with one attached hydrogen (secondary N) is 1. The molecule has 2 N–H and O–H groups in total. The molecule has 1 unspecified atom stereocenters. The second-order valence-corrected chi connectivity index (χ2v) is 5.55. The third kappa shape index (κ3) is 5.44. The van der Waals surface area contributed by atoms with Gasteiger partial charge in [0.2, 0.25) is 5.88 Å². The predicted molar refractivity (Wildman–Crippen MR) is 78.2 cm³/mol. The van der Waals surface area contributed by atoms with Crippen molar-refractivity contribution in [3.8, 4) is 5.88 Å². The summed E-state index contributed by atoms with van der Waals surface area (Å²) in [5, 5.41) is 12.7. The van der Waals surface area contributed by atoms with E-state index in [4.69, 9.17) is 4.74 Å². The molecule has 1 atom stereocenters. The number of aromatic nitrogens is 2. The van der Waals surface area contributed by atoms with Crippen LogP contribution in [0.4, 0.5) is 14.5 Å². The summed E-state index contributed by atoms with van der Waals surface area (Å²) in [6, 6.07) is 6.71. The number of para-hydroxylation sites is 1. The lowest BCUT2D eigenvalue weighted by Gasteiger charge is -2.15. The van der Waals surface area contributed by atoms with Gasteiger partial charge in [-0.3, -0.25) is 0 Å². The van der Waals surface area contributed by atoms with Crippen molar-refractivity contribution in [2.45, 2.75) is 16.8 Å². The number of hydrogen-bond acceptors (Lipinski definition) is 7. The van der Waals surface area contributed by atoms with Crippen LogP contribution in [-0.4, -0.2) is 38.9 Å². The Hall–Kier alpha value is -1.45. The Kier molecular flexibility index (Phi) is 6.15. The van der Waals surface area contributed by atoms with Crippen molar-refractivity contribution in [1.29, 1.82) is 0 Å². The normalized spacial score (nSPS) is 12.4. The molecule has 9 heteroatoms. The lowest BCUT2D eigenvalue weighted by molar-refractivity contribution is 0.115. The average molecular weight is 333 g/mol. The molecule has 114 valence electrons. The number of thioether (sulfide) groups is 1. The number of alkyl halides is 2. The largest absolute Gasteiger partial charge is 0.473 e. The van der Waals surface area contributed by atoms with Gasteiger partial charge in [-0.1, -0.05) is 23.9 Å². The lowest BCUT2D eigenvalue weighted by Crippen LogP contribution is -2.26. The molecular formula is C12H13F2N3O2S2. The summed E-state index contributed by atoms with van der Waals surface area (Å²) in [4.78, 5) is 0.435. The molecule has 0 saturated carbocycles. The average Bonchev–Trinajstić information content (AvgIpc) is 2.97. The first-order valence-corrected chi connectivity index (χ1v) is 7.62. The highest BCUT2D eigenvalue weighted by molar-refractivity contribution is 7.99. The highest BCUT2D eigenvalue weighted by Crippen LogP contribution is 2.31. The zero-order valence-corrected chi connectivity index (χ0v) is 12.4. The van der Waals surface area contributed by atoms with Gasteiger partial charge in [-0.25, -0.2) is 0 Å². The standard InChI is InChI=1S/C12H13F2N3O2S2/c13-12(14)20-10-4-2-1-3-9(10)15-5-8(18)7-19-11-6-16-21-17-11/h1-4,6,8,12,15,18H,5,7H2. The number of rotatable bonds is 8. The van der Waals surface area contributed by atoms with Crippen LogP contribution in [-0.2, 0) is 0 Å². The SMILES string of the molecule is OC(CNc1ccccc1SC(F)F)COc1cnsn1. The Labute approximate surface area is 128 Å². The molecule has 0 aliphatic heterocycles. The predicted octanol–water partition coefficient (Wildman–Crippen LogP) is 2.70. The number of benzene rings is 1. The van der Waals surface area contributed by atoms with E-state index in [-0.39, 0.29) is 13.2 Å². The monoisotopic (exact) mass is 333 g/mol.